The number of hydrogen-bond donors (Lipinski definition) is 1. The normalized spacial score (nSPS) is 16.1. The molecule has 4 heteroatoms. The van der Waals surface area contributed by atoms with Gasteiger partial charge in [-0.05, 0) is 19.8 Å². The zero-order valence-corrected chi connectivity index (χ0v) is 11.4. The van der Waals surface area contributed by atoms with Crippen LogP contribution < -0.4 is 5.32 Å². The van der Waals surface area contributed by atoms with Gasteiger partial charge in [0.25, 0.3) is 0 Å². The van der Waals surface area contributed by atoms with Gasteiger partial charge in [-0.15, -0.1) is 11.8 Å². The molecule has 0 aliphatic heterocycles. The Hall–Kier alpha value is -0.480. The van der Waals surface area contributed by atoms with Crippen LogP contribution in [0.3, 0.4) is 0 Å². The van der Waals surface area contributed by atoms with Crippen LogP contribution in [0.25, 0.3) is 0 Å². The Bertz CT molecular complexity index is 367. The molecule has 1 saturated carbocycles. The second-order valence-corrected chi connectivity index (χ2v) is 6.38. The molecule has 0 amide bonds. The smallest absolute Gasteiger partial charge is 0.0986 e. The van der Waals surface area contributed by atoms with E-state index in [1.807, 2.05) is 23.5 Å². The van der Waals surface area contributed by atoms with Crippen molar-refractivity contribution < 1.29 is 0 Å². The maximum absolute atomic E-state index is 4.52. The van der Waals surface area contributed by atoms with E-state index < -0.39 is 0 Å². The predicted molar refractivity (Wildman–Crippen MR) is 68.8 cm³/mol. The van der Waals surface area contributed by atoms with Crippen LogP contribution >= 0.6 is 11.8 Å². The number of aromatic nitrogens is 2. The SMILES string of the molecule is Cc1nn(C)c(SC(C)C)c1CNC1CC1. The summed E-state index contributed by atoms with van der Waals surface area (Å²) in [7, 11) is 2.04. The predicted octanol–water partition coefficient (Wildman–Crippen LogP) is 2.48. The summed E-state index contributed by atoms with van der Waals surface area (Å²) < 4.78 is 2.02. The molecule has 0 aromatic carbocycles. The number of nitrogens with one attached hydrogen (secondary N) is 1. The summed E-state index contributed by atoms with van der Waals surface area (Å²) in [6, 6.07) is 0.761. The lowest BCUT2D eigenvalue weighted by Crippen LogP contribution is -2.16. The molecule has 2 rings (SSSR count). The molecule has 0 unspecified atom stereocenters. The second-order valence-electron chi connectivity index (χ2n) is 4.81. The van der Waals surface area contributed by atoms with Gasteiger partial charge in [0.1, 0.15) is 0 Å². The Kier molecular flexibility index (Phi) is 3.60. The minimum atomic E-state index is 0.606. The third kappa shape index (κ3) is 2.80. The van der Waals surface area contributed by atoms with E-state index in [1.165, 1.54) is 29.1 Å². The van der Waals surface area contributed by atoms with Gasteiger partial charge in [0, 0.05) is 30.4 Å². The zero-order chi connectivity index (χ0) is 11.7. The highest BCUT2D eigenvalue weighted by Gasteiger charge is 2.22. The van der Waals surface area contributed by atoms with Crippen LogP contribution in [-0.2, 0) is 13.6 Å². The molecular weight excluding hydrogens is 218 g/mol. The minimum absolute atomic E-state index is 0.606. The summed E-state index contributed by atoms with van der Waals surface area (Å²) in [5.74, 6) is 0. The van der Waals surface area contributed by atoms with Crippen molar-refractivity contribution in [2.75, 3.05) is 0 Å². The van der Waals surface area contributed by atoms with E-state index in [4.69, 9.17) is 0 Å². The maximum atomic E-state index is 4.52. The molecule has 0 bridgehead atoms. The third-order valence-electron chi connectivity index (χ3n) is 2.78. The van der Waals surface area contributed by atoms with E-state index in [9.17, 15) is 0 Å². The van der Waals surface area contributed by atoms with Crippen molar-refractivity contribution in [3.05, 3.63) is 11.3 Å². The quantitative estimate of drug-likeness (QED) is 0.801. The molecule has 3 nitrogen and oxygen atoms in total. The van der Waals surface area contributed by atoms with Crippen LogP contribution in [0.15, 0.2) is 5.03 Å². The maximum Gasteiger partial charge on any atom is 0.0986 e. The molecule has 0 saturated heterocycles. The number of rotatable bonds is 5. The van der Waals surface area contributed by atoms with Crippen LogP contribution in [0.1, 0.15) is 37.9 Å². The van der Waals surface area contributed by atoms with Crippen molar-refractivity contribution in [3.63, 3.8) is 0 Å². The Balaban J connectivity index is 2.11. The standard InChI is InChI=1S/C12H21N3S/c1-8(2)16-12-11(7-13-10-5-6-10)9(3)14-15(12)4/h8,10,13H,5-7H2,1-4H3. The lowest BCUT2D eigenvalue weighted by atomic mass is 10.2. The first-order valence-electron chi connectivity index (χ1n) is 6.00. The van der Waals surface area contributed by atoms with Crippen molar-refractivity contribution in [1.82, 2.24) is 15.1 Å². The highest BCUT2D eigenvalue weighted by Crippen LogP contribution is 2.29. The van der Waals surface area contributed by atoms with Crippen LogP contribution in [0.2, 0.25) is 0 Å². The van der Waals surface area contributed by atoms with Crippen LogP contribution in [0.4, 0.5) is 0 Å². The van der Waals surface area contributed by atoms with E-state index in [1.54, 1.807) is 0 Å². The van der Waals surface area contributed by atoms with Crippen LogP contribution in [-0.4, -0.2) is 21.1 Å². The lowest BCUT2D eigenvalue weighted by Gasteiger charge is -2.09. The number of hydrogen-bond acceptors (Lipinski definition) is 3. The first-order valence-corrected chi connectivity index (χ1v) is 6.88. The molecule has 1 N–H and O–H groups in total. The molecule has 1 aliphatic carbocycles. The average Bonchev–Trinajstić information content (AvgIpc) is 2.95. The Morgan fingerprint density at radius 3 is 2.75 bits per heavy atom. The molecule has 90 valence electrons. The summed E-state index contributed by atoms with van der Waals surface area (Å²) in [6.07, 6.45) is 2.68. The van der Waals surface area contributed by atoms with Gasteiger partial charge in [-0.2, -0.15) is 5.10 Å². The molecule has 1 aromatic heterocycles. The summed E-state index contributed by atoms with van der Waals surface area (Å²) in [6.45, 7) is 7.53. The Labute approximate surface area is 102 Å². The molecule has 1 heterocycles. The van der Waals surface area contributed by atoms with Crippen LogP contribution in [0.5, 0.6) is 0 Å². The minimum Gasteiger partial charge on any atom is -0.310 e. The molecule has 0 radical (unpaired) electrons. The third-order valence-corrected chi connectivity index (χ3v) is 3.99. The first kappa shape index (κ1) is 12.0. The molecule has 0 atom stereocenters. The largest absolute Gasteiger partial charge is 0.310 e. The van der Waals surface area contributed by atoms with Gasteiger partial charge in [-0.25, -0.2) is 0 Å². The highest BCUT2D eigenvalue weighted by atomic mass is 32.2. The van der Waals surface area contributed by atoms with Gasteiger partial charge in [0.05, 0.1) is 10.7 Å². The first-order chi connectivity index (χ1) is 7.58. The van der Waals surface area contributed by atoms with Crippen molar-refractivity contribution in [2.24, 2.45) is 7.05 Å². The van der Waals surface area contributed by atoms with Gasteiger partial charge >= 0.3 is 0 Å². The van der Waals surface area contributed by atoms with Gasteiger partial charge < -0.3 is 5.32 Å². The zero-order valence-electron chi connectivity index (χ0n) is 10.6. The molecule has 1 aromatic rings. The fourth-order valence-corrected chi connectivity index (χ4v) is 2.79. The van der Waals surface area contributed by atoms with Crippen LogP contribution in [0, 0.1) is 6.92 Å². The molecular formula is C12H21N3S. The topological polar surface area (TPSA) is 29.9 Å². The highest BCUT2D eigenvalue weighted by molar-refractivity contribution is 7.99. The average molecular weight is 239 g/mol. The molecule has 0 spiro atoms. The van der Waals surface area contributed by atoms with Crippen molar-refractivity contribution in [1.29, 1.82) is 0 Å². The van der Waals surface area contributed by atoms with Gasteiger partial charge in [-0.3, -0.25) is 4.68 Å². The van der Waals surface area contributed by atoms with Crippen molar-refractivity contribution in [2.45, 2.75) is 56.5 Å². The molecule has 16 heavy (non-hydrogen) atoms. The molecule has 1 fully saturated rings. The van der Waals surface area contributed by atoms with E-state index in [0.717, 1.165) is 12.6 Å². The summed E-state index contributed by atoms with van der Waals surface area (Å²) >= 11 is 1.91. The van der Waals surface area contributed by atoms with Gasteiger partial charge in [0.15, 0.2) is 0 Å². The fourth-order valence-electron chi connectivity index (χ4n) is 1.79. The van der Waals surface area contributed by atoms with E-state index in [0.29, 0.717) is 5.25 Å². The summed E-state index contributed by atoms with van der Waals surface area (Å²) in [4.78, 5) is 0. The fraction of sp³-hybridized carbons (Fsp3) is 0.750. The van der Waals surface area contributed by atoms with Gasteiger partial charge in [0.2, 0.25) is 0 Å². The Morgan fingerprint density at radius 1 is 1.50 bits per heavy atom. The second kappa shape index (κ2) is 4.80. The van der Waals surface area contributed by atoms with Crippen molar-refractivity contribution >= 4 is 11.8 Å². The number of nitrogens with zero attached hydrogens (tertiary/aromatic N) is 2. The lowest BCUT2D eigenvalue weighted by molar-refractivity contribution is 0.657. The van der Waals surface area contributed by atoms with Crippen molar-refractivity contribution in [3.8, 4) is 0 Å². The monoisotopic (exact) mass is 239 g/mol. The number of aryl methyl sites for hydroxylation is 2. The number of thioether (sulfide) groups is 1. The summed E-state index contributed by atoms with van der Waals surface area (Å²) in [5.41, 5.74) is 2.55. The van der Waals surface area contributed by atoms with E-state index >= 15 is 0 Å². The van der Waals surface area contributed by atoms with E-state index in [2.05, 4.69) is 31.2 Å². The summed E-state index contributed by atoms with van der Waals surface area (Å²) in [5, 5.41) is 10.0. The van der Waals surface area contributed by atoms with E-state index in [-0.39, 0.29) is 0 Å². The Morgan fingerprint density at radius 2 is 2.19 bits per heavy atom. The van der Waals surface area contributed by atoms with Gasteiger partial charge in [-0.1, -0.05) is 13.8 Å². The molecule has 1 aliphatic rings.